The third-order valence-electron chi connectivity index (χ3n) is 3.63. The minimum Gasteiger partial charge on any atom is -0.325 e. The Labute approximate surface area is 143 Å². The normalized spacial score (nSPS) is 11.1. The van der Waals surface area contributed by atoms with Crippen LogP contribution in [0.1, 0.15) is 25.6 Å². The Morgan fingerprint density at radius 3 is 2.57 bits per heavy atom. The van der Waals surface area contributed by atoms with Crippen LogP contribution < -0.4 is 5.32 Å². The standard InChI is InChI=1S/C18H18BrN3O/c1-12(2)18-21-15-5-3-4-6-16(15)22(18)11-17(23)20-14-9-7-13(19)8-10-14/h3-10,12H,11H2,1-2H3,(H,20,23). The van der Waals surface area contributed by atoms with E-state index in [1.54, 1.807) is 0 Å². The number of hydrogen-bond acceptors (Lipinski definition) is 2. The van der Waals surface area contributed by atoms with E-state index in [1.165, 1.54) is 0 Å². The lowest BCUT2D eigenvalue weighted by molar-refractivity contribution is -0.116. The molecule has 1 aromatic heterocycles. The van der Waals surface area contributed by atoms with E-state index < -0.39 is 0 Å². The summed E-state index contributed by atoms with van der Waals surface area (Å²) >= 11 is 3.39. The number of halogens is 1. The predicted molar refractivity (Wildman–Crippen MR) is 96.6 cm³/mol. The van der Waals surface area contributed by atoms with Gasteiger partial charge in [0.15, 0.2) is 0 Å². The van der Waals surface area contributed by atoms with Crippen molar-refractivity contribution in [1.29, 1.82) is 0 Å². The molecule has 0 aliphatic rings. The summed E-state index contributed by atoms with van der Waals surface area (Å²) in [5.74, 6) is 1.12. The number of nitrogens with zero attached hydrogens (tertiary/aromatic N) is 2. The lowest BCUT2D eigenvalue weighted by Crippen LogP contribution is -2.20. The molecule has 0 unspecified atom stereocenters. The SMILES string of the molecule is CC(C)c1nc2ccccc2n1CC(=O)Nc1ccc(Br)cc1. The summed E-state index contributed by atoms with van der Waals surface area (Å²) in [6.07, 6.45) is 0. The molecule has 3 aromatic rings. The number of anilines is 1. The number of benzene rings is 2. The summed E-state index contributed by atoms with van der Waals surface area (Å²) in [4.78, 5) is 17.1. The Balaban J connectivity index is 1.86. The molecule has 0 fully saturated rings. The molecule has 0 atom stereocenters. The van der Waals surface area contributed by atoms with Crippen LogP contribution in [0.25, 0.3) is 11.0 Å². The second-order valence-electron chi connectivity index (χ2n) is 5.75. The summed E-state index contributed by atoms with van der Waals surface area (Å²) in [6.45, 7) is 4.43. The van der Waals surface area contributed by atoms with Crippen LogP contribution in [0.3, 0.4) is 0 Å². The zero-order valence-corrected chi connectivity index (χ0v) is 14.7. The van der Waals surface area contributed by atoms with Crippen LogP contribution in [-0.2, 0) is 11.3 Å². The van der Waals surface area contributed by atoms with Crippen molar-refractivity contribution in [2.75, 3.05) is 5.32 Å². The Morgan fingerprint density at radius 1 is 1.17 bits per heavy atom. The summed E-state index contributed by atoms with van der Waals surface area (Å²) in [5, 5.41) is 2.93. The largest absolute Gasteiger partial charge is 0.325 e. The molecule has 0 bridgehead atoms. The van der Waals surface area contributed by atoms with Gasteiger partial charge in [0.25, 0.3) is 0 Å². The number of aromatic nitrogens is 2. The van der Waals surface area contributed by atoms with Crippen LogP contribution in [0.4, 0.5) is 5.69 Å². The van der Waals surface area contributed by atoms with E-state index in [9.17, 15) is 4.79 Å². The van der Waals surface area contributed by atoms with Crippen molar-refractivity contribution < 1.29 is 4.79 Å². The number of nitrogens with one attached hydrogen (secondary N) is 1. The molecule has 5 heteroatoms. The van der Waals surface area contributed by atoms with E-state index in [4.69, 9.17) is 0 Å². The summed E-state index contributed by atoms with van der Waals surface area (Å²) in [7, 11) is 0. The Hall–Kier alpha value is -2.14. The van der Waals surface area contributed by atoms with Crippen molar-refractivity contribution in [3.8, 4) is 0 Å². The van der Waals surface area contributed by atoms with Crippen molar-refractivity contribution in [2.24, 2.45) is 0 Å². The molecule has 1 amide bonds. The number of rotatable bonds is 4. The number of carbonyl (C=O) groups is 1. The molecule has 118 valence electrons. The highest BCUT2D eigenvalue weighted by atomic mass is 79.9. The first-order valence-corrected chi connectivity index (χ1v) is 8.34. The van der Waals surface area contributed by atoms with E-state index in [0.717, 1.165) is 27.0 Å². The van der Waals surface area contributed by atoms with E-state index in [1.807, 2.05) is 53.1 Å². The maximum Gasteiger partial charge on any atom is 0.244 e. The van der Waals surface area contributed by atoms with E-state index in [0.29, 0.717) is 0 Å². The van der Waals surface area contributed by atoms with Gasteiger partial charge >= 0.3 is 0 Å². The highest BCUT2D eigenvalue weighted by Crippen LogP contribution is 2.22. The summed E-state index contributed by atoms with van der Waals surface area (Å²) in [5.41, 5.74) is 2.70. The molecule has 0 aliphatic carbocycles. The maximum absolute atomic E-state index is 12.4. The third-order valence-corrected chi connectivity index (χ3v) is 4.16. The quantitative estimate of drug-likeness (QED) is 0.730. The molecule has 2 aromatic carbocycles. The number of amides is 1. The Bertz CT molecular complexity index is 837. The van der Waals surface area contributed by atoms with Crippen LogP contribution in [-0.4, -0.2) is 15.5 Å². The van der Waals surface area contributed by atoms with Gasteiger partial charge in [-0.2, -0.15) is 0 Å². The highest BCUT2D eigenvalue weighted by molar-refractivity contribution is 9.10. The summed E-state index contributed by atoms with van der Waals surface area (Å²) in [6, 6.07) is 15.5. The predicted octanol–water partition coefficient (Wildman–Crippen LogP) is 4.56. The molecule has 0 radical (unpaired) electrons. The van der Waals surface area contributed by atoms with Gasteiger partial charge in [-0.15, -0.1) is 0 Å². The second kappa shape index (κ2) is 6.54. The first-order valence-electron chi connectivity index (χ1n) is 7.55. The van der Waals surface area contributed by atoms with E-state index in [2.05, 4.69) is 40.1 Å². The van der Waals surface area contributed by atoms with Gasteiger partial charge in [-0.25, -0.2) is 4.98 Å². The number of carbonyl (C=O) groups excluding carboxylic acids is 1. The minimum absolute atomic E-state index is 0.0580. The fourth-order valence-electron chi connectivity index (χ4n) is 2.58. The van der Waals surface area contributed by atoms with Gasteiger partial charge < -0.3 is 9.88 Å². The van der Waals surface area contributed by atoms with Crippen LogP contribution in [0, 0.1) is 0 Å². The van der Waals surface area contributed by atoms with Crippen molar-refractivity contribution in [3.05, 3.63) is 58.8 Å². The zero-order valence-electron chi connectivity index (χ0n) is 13.1. The molecule has 23 heavy (non-hydrogen) atoms. The van der Waals surface area contributed by atoms with Gasteiger partial charge in [0.05, 0.1) is 11.0 Å². The number of imidazole rings is 1. The van der Waals surface area contributed by atoms with E-state index in [-0.39, 0.29) is 18.4 Å². The van der Waals surface area contributed by atoms with E-state index >= 15 is 0 Å². The molecule has 0 aliphatic heterocycles. The van der Waals surface area contributed by atoms with Crippen LogP contribution in [0.5, 0.6) is 0 Å². The average Bonchev–Trinajstić information content (AvgIpc) is 2.89. The number of fused-ring (bicyclic) bond motifs is 1. The first kappa shape index (κ1) is 15.7. The van der Waals surface area contributed by atoms with Crippen molar-refractivity contribution in [1.82, 2.24) is 9.55 Å². The van der Waals surface area contributed by atoms with Crippen LogP contribution >= 0.6 is 15.9 Å². The molecule has 3 rings (SSSR count). The molecule has 0 spiro atoms. The molecular weight excluding hydrogens is 354 g/mol. The van der Waals surface area contributed by atoms with Crippen LogP contribution in [0.2, 0.25) is 0 Å². The second-order valence-corrected chi connectivity index (χ2v) is 6.67. The van der Waals surface area contributed by atoms with Gasteiger partial charge in [0.1, 0.15) is 12.4 Å². The Morgan fingerprint density at radius 2 is 1.87 bits per heavy atom. The first-order chi connectivity index (χ1) is 11.0. The molecule has 1 heterocycles. The topological polar surface area (TPSA) is 46.9 Å². The number of para-hydroxylation sites is 2. The number of hydrogen-bond donors (Lipinski definition) is 1. The third kappa shape index (κ3) is 3.45. The van der Waals surface area contributed by atoms with Crippen molar-refractivity contribution in [3.63, 3.8) is 0 Å². The van der Waals surface area contributed by atoms with Gasteiger partial charge in [-0.05, 0) is 36.4 Å². The van der Waals surface area contributed by atoms with Crippen LogP contribution in [0.15, 0.2) is 53.0 Å². The highest BCUT2D eigenvalue weighted by Gasteiger charge is 2.15. The average molecular weight is 372 g/mol. The molecule has 0 saturated heterocycles. The lowest BCUT2D eigenvalue weighted by atomic mass is 10.2. The van der Waals surface area contributed by atoms with Gasteiger partial charge in [-0.3, -0.25) is 4.79 Å². The van der Waals surface area contributed by atoms with Crippen molar-refractivity contribution >= 4 is 38.6 Å². The molecular formula is C18H18BrN3O. The van der Waals surface area contributed by atoms with Crippen molar-refractivity contribution in [2.45, 2.75) is 26.3 Å². The van der Waals surface area contributed by atoms with Gasteiger partial charge in [0, 0.05) is 16.1 Å². The minimum atomic E-state index is -0.0580. The molecule has 1 N–H and O–H groups in total. The van der Waals surface area contributed by atoms with Gasteiger partial charge in [-0.1, -0.05) is 41.9 Å². The molecule has 4 nitrogen and oxygen atoms in total. The smallest absolute Gasteiger partial charge is 0.244 e. The molecule has 0 saturated carbocycles. The fraction of sp³-hybridized carbons (Fsp3) is 0.222. The van der Waals surface area contributed by atoms with Gasteiger partial charge in [0.2, 0.25) is 5.91 Å². The monoisotopic (exact) mass is 371 g/mol. The Kier molecular flexibility index (Phi) is 4.48. The lowest BCUT2D eigenvalue weighted by Gasteiger charge is -2.12. The summed E-state index contributed by atoms with van der Waals surface area (Å²) < 4.78 is 2.98. The zero-order chi connectivity index (χ0) is 16.4. The maximum atomic E-state index is 12.4. The fourth-order valence-corrected chi connectivity index (χ4v) is 2.84.